The number of nitrogens with zero attached hydrogens (tertiary/aromatic N) is 1. The zero-order chi connectivity index (χ0) is 14.7. The van der Waals surface area contributed by atoms with E-state index in [1.165, 1.54) is 12.1 Å². The number of nitriles is 1. The fourth-order valence-electron chi connectivity index (χ4n) is 1.72. The van der Waals surface area contributed by atoms with Gasteiger partial charge in [-0.1, -0.05) is 23.2 Å². The maximum atomic E-state index is 13.3. The quantitative estimate of drug-likeness (QED) is 0.647. The fourth-order valence-corrected chi connectivity index (χ4v) is 2.20. The Balaban J connectivity index is 2.31. The molecule has 2 aromatic rings. The molecule has 0 saturated heterocycles. The van der Waals surface area contributed by atoms with Crippen molar-refractivity contribution < 1.29 is 4.39 Å². The Morgan fingerprint density at radius 3 is 2.40 bits per heavy atom. The molecule has 6 heteroatoms. The lowest BCUT2D eigenvalue weighted by molar-refractivity contribution is 0.629. The van der Waals surface area contributed by atoms with Crippen LogP contribution in [-0.2, 0) is 6.42 Å². The molecule has 102 valence electrons. The monoisotopic (exact) mass is 309 g/mol. The minimum absolute atomic E-state index is 0.0623. The smallest absolute Gasteiger partial charge is 0.160 e. The van der Waals surface area contributed by atoms with Gasteiger partial charge in [0.1, 0.15) is 0 Å². The molecule has 0 radical (unpaired) electrons. The van der Waals surface area contributed by atoms with Crippen molar-refractivity contribution in [3.63, 3.8) is 0 Å². The molecule has 0 saturated carbocycles. The lowest BCUT2D eigenvalue weighted by Gasteiger charge is -2.10. The van der Waals surface area contributed by atoms with E-state index in [0.717, 1.165) is 5.56 Å². The number of nitrogens with one attached hydrogen (secondary N) is 1. The standard InChI is InChI=1S/C14H10Cl2FN3/c15-11-6-10(7-12(16)14(11)17)20-9-1-2-13(19)8(5-9)3-4-18/h1-2,5-7,20H,3,19H2. The van der Waals surface area contributed by atoms with Crippen LogP contribution < -0.4 is 11.1 Å². The van der Waals surface area contributed by atoms with Crippen LogP contribution in [0.15, 0.2) is 30.3 Å². The van der Waals surface area contributed by atoms with Gasteiger partial charge < -0.3 is 11.1 Å². The van der Waals surface area contributed by atoms with E-state index >= 15 is 0 Å². The van der Waals surface area contributed by atoms with Crippen LogP contribution in [0.2, 0.25) is 10.0 Å². The van der Waals surface area contributed by atoms with Crippen molar-refractivity contribution in [1.82, 2.24) is 0 Å². The molecular formula is C14H10Cl2FN3. The van der Waals surface area contributed by atoms with Crippen LogP contribution in [0.25, 0.3) is 0 Å². The first kappa shape index (κ1) is 14.4. The number of nitrogen functional groups attached to an aromatic ring is 1. The van der Waals surface area contributed by atoms with Crippen LogP contribution in [0.3, 0.4) is 0 Å². The van der Waals surface area contributed by atoms with Crippen molar-refractivity contribution in [1.29, 1.82) is 5.26 Å². The molecule has 3 N–H and O–H groups in total. The van der Waals surface area contributed by atoms with Gasteiger partial charge in [0.05, 0.1) is 22.5 Å². The molecule has 0 atom stereocenters. The molecule has 20 heavy (non-hydrogen) atoms. The minimum atomic E-state index is -0.652. The average molecular weight is 310 g/mol. The highest BCUT2D eigenvalue weighted by atomic mass is 35.5. The summed E-state index contributed by atoms with van der Waals surface area (Å²) in [5, 5.41) is 11.6. The second-order valence-corrected chi connectivity index (χ2v) is 4.94. The van der Waals surface area contributed by atoms with Crippen LogP contribution in [0, 0.1) is 17.1 Å². The van der Waals surface area contributed by atoms with Gasteiger partial charge in [-0.25, -0.2) is 4.39 Å². The Bertz CT molecular complexity index is 672. The summed E-state index contributed by atoms with van der Waals surface area (Å²) < 4.78 is 13.3. The molecule has 0 amide bonds. The van der Waals surface area contributed by atoms with E-state index in [-0.39, 0.29) is 16.5 Å². The highest BCUT2D eigenvalue weighted by Crippen LogP contribution is 2.29. The molecule has 2 aromatic carbocycles. The van der Waals surface area contributed by atoms with Gasteiger partial charge in [0, 0.05) is 17.1 Å². The van der Waals surface area contributed by atoms with Crippen LogP contribution in [-0.4, -0.2) is 0 Å². The first-order valence-electron chi connectivity index (χ1n) is 5.68. The summed E-state index contributed by atoms with van der Waals surface area (Å²) in [6.07, 6.45) is 0.215. The summed E-state index contributed by atoms with van der Waals surface area (Å²) in [7, 11) is 0. The van der Waals surface area contributed by atoms with Crippen LogP contribution in [0.5, 0.6) is 0 Å². The van der Waals surface area contributed by atoms with Crippen molar-refractivity contribution in [3.05, 3.63) is 51.8 Å². The van der Waals surface area contributed by atoms with E-state index in [0.29, 0.717) is 17.1 Å². The lowest BCUT2D eigenvalue weighted by atomic mass is 10.1. The zero-order valence-electron chi connectivity index (χ0n) is 10.3. The van der Waals surface area contributed by atoms with Crippen molar-refractivity contribution >= 4 is 40.3 Å². The number of rotatable bonds is 3. The van der Waals surface area contributed by atoms with Gasteiger partial charge in [-0.15, -0.1) is 0 Å². The SMILES string of the molecule is N#CCc1cc(Nc2cc(Cl)c(F)c(Cl)c2)ccc1N. The van der Waals surface area contributed by atoms with Crippen molar-refractivity contribution in [2.24, 2.45) is 0 Å². The topological polar surface area (TPSA) is 61.8 Å². The largest absolute Gasteiger partial charge is 0.398 e. The molecule has 0 aromatic heterocycles. The molecule has 0 unspecified atom stereocenters. The van der Waals surface area contributed by atoms with Crippen LogP contribution >= 0.6 is 23.2 Å². The Morgan fingerprint density at radius 1 is 1.15 bits per heavy atom. The van der Waals surface area contributed by atoms with Gasteiger partial charge in [0.2, 0.25) is 0 Å². The summed E-state index contributed by atoms with van der Waals surface area (Å²) in [6.45, 7) is 0. The lowest BCUT2D eigenvalue weighted by Crippen LogP contribution is -1.97. The molecule has 0 aliphatic heterocycles. The second kappa shape index (κ2) is 6.00. The Hall–Kier alpha value is -1.96. The van der Waals surface area contributed by atoms with E-state index in [4.69, 9.17) is 34.2 Å². The highest BCUT2D eigenvalue weighted by molar-refractivity contribution is 6.35. The number of hydrogen-bond acceptors (Lipinski definition) is 3. The van der Waals surface area contributed by atoms with Crippen molar-refractivity contribution in [2.45, 2.75) is 6.42 Å². The second-order valence-electron chi connectivity index (χ2n) is 4.13. The predicted octanol–water partition coefficient (Wildman–Crippen LogP) is 4.52. The third kappa shape index (κ3) is 3.13. The van der Waals surface area contributed by atoms with E-state index < -0.39 is 5.82 Å². The molecule has 0 spiro atoms. The molecule has 0 heterocycles. The average Bonchev–Trinajstić information content (AvgIpc) is 2.40. The van der Waals surface area contributed by atoms with Gasteiger partial charge in [0.25, 0.3) is 0 Å². The maximum absolute atomic E-state index is 13.3. The molecule has 0 bridgehead atoms. The molecule has 0 fully saturated rings. The first-order chi connectivity index (χ1) is 9.51. The van der Waals surface area contributed by atoms with Gasteiger partial charge in [-0.3, -0.25) is 0 Å². The number of anilines is 3. The number of halogens is 3. The zero-order valence-corrected chi connectivity index (χ0v) is 11.8. The first-order valence-corrected chi connectivity index (χ1v) is 6.43. The summed E-state index contributed by atoms with van der Waals surface area (Å²) in [6, 6.07) is 10.1. The van der Waals surface area contributed by atoms with Crippen molar-refractivity contribution in [2.75, 3.05) is 11.1 Å². The number of hydrogen-bond donors (Lipinski definition) is 2. The third-order valence-corrected chi connectivity index (χ3v) is 3.24. The Kier molecular flexibility index (Phi) is 4.33. The predicted molar refractivity (Wildman–Crippen MR) is 79.9 cm³/mol. The van der Waals surface area contributed by atoms with Gasteiger partial charge in [0.15, 0.2) is 5.82 Å². The molecule has 2 rings (SSSR count). The van der Waals surface area contributed by atoms with E-state index in [1.807, 2.05) is 6.07 Å². The van der Waals surface area contributed by atoms with Crippen molar-refractivity contribution in [3.8, 4) is 6.07 Å². The molecule has 3 nitrogen and oxygen atoms in total. The third-order valence-electron chi connectivity index (χ3n) is 2.68. The summed E-state index contributed by atoms with van der Waals surface area (Å²) >= 11 is 11.5. The summed E-state index contributed by atoms with van der Waals surface area (Å²) in [4.78, 5) is 0. The molecule has 0 aliphatic rings. The maximum Gasteiger partial charge on any atom is 0.160 e. The molecular weight excluding hydrogens is 300 g/mol. The number of benzene rings is 2. The Morgan fingerprint density at radius 2 is 1.80 bits per heavy atom. The van der Waals surface area contributed by atoms with Crippen LogP contribution in [0.1, 0.15) is 5.56 Å². The van der Waals surface area contributed by atoms with Gasteiger partial charge >= 0.3 is 0 Å². The van der Waals surface area contributed by atoms with E-state index in [9.17, 15) is 4.39 Å². The molecule has 0 aliphatic carbocycles. The highest BCUT2D eigenvalue weighted by Gasteiger charge is 2.08. The van der Waals surface area contributed by atoms with E-state index in [2.05, 4.69) is 5.32 Å². The van der Waals surface area contributed by atoms with Gasteiger partial charge in [-0.2, -0.15) is 5.26 Å². The van der Waals surface area contributed by atoms with Gasteiger partial charge in [-0.05, 0) is 35.9 Å². The fraction of sp³-hybridized carbons (Fsp3) is 0.0714. The van der Waals surface area contributed by atoms with Crippen LogP contribution in [0.4, 0.5) is 21.5 Å². The summed E-state index contributed by atoms with van der Waals surface area (Å²) in [5.41, 5.74) is 8.30. The Labute approximate surface area is 125 Å². The summed E-state index contributed by atoms with van der Waals surface area (Å²) in [5.74, 6) is -0.652. The normalized spacial score (nSPS) is 10.1. The number of nitrogens with two attached hydrogens (primary N) is 1. The minimum Gasteiger partial charge on any atom is -0.398 e. The van der Waals surface area contributed by atoms with E-state index in [1.54, 1.807) is 18.2 Å².